The third kappa shape index (κ3) is 3.25. The standard InChI is InChI=1S/C18H12ClNO5/c1-24-17(22)11-6-2-3-8-14(11)20-16(21)12-9-10-5-4-7-13(19)15(10)25-18(12)23/h2-9H,1H3,(H,20,21). The highest BCUT2D eigenvalue weighted by molar-refractivity contribution is 6.34. The summed E-state index contributed by atoms with van der Waals surface area (Å²) in [4.78, 5) is 36.3. The molecule has 0 saturated carbocycles. The monoisotopic (exact) mass is 357 g/mol. The first-order valence-corrected chi connectivity index (χ1v) is 7.60. The number of esters is 1. The van der Waals surface area contributed by atoms with E-state index in [4.69, 9.17) is 16.0 Å². The first-order valence-electron chi connectivity index (χ1n) is 7.22. The van der Waals surface area contributed by atoms with Crippen molar-refractivity contribution < 1.29 is 18.7 Å². The van der Waals surface area contributed by atoms with Gasteiger partial charge in [-0.3, -0.25) is 4.79 Å². The van der Waals surface area contributed by atoms with Gasteiger partial charge < -0.3 is 14.5 Å². The van der Waals surface area contributed by atoms with Gasteiger partial charge in [0.1, 0.15) is 5.56 Å². The van der Waals surface area contributed by atoms with Gasteiger partial charge in [0, 0.05) is 5.39 Å². The number of methoxy groups -OCH3 is 1. The number of ether oxygens (including phenoxy) is 1. The van der Waals surface area contributed by atoms with Crippen LogP contribution in [0.5, 0.6) is 0 Å². The van der Waals surface area contributed by atoms with E-state index in [0.29, 0.717) is 5.39 Å². The van der Waals surface area contributed by atoms with Crippen molar-refractivity contribution in [3.8, 4) is 0 Å². The Morgan fingerprint density at radius 3 is 2.60 bits per heavy atom. The molecule has 25 heavy (non-hydrogen) atoms. The molecule has 7 heteroatoms. The van der Waals surface area contributed by atoms with Gasteiger partial charge in [0.25, 0.3) is 5.91 Å². The number of fused-ring (bicyclic) bond motifs is 1. The molecule has 0 atom stereocenters. The summed E-state index contributed by atoms with van der Waals surface area (Å²) in [6, 6.07) is 12.6. The molecule has 0 fully saturated rings. The van der Waals surface area contributed by atoms with Gasteiger partial charge in [-0.1, -0.05) is 35.9 Å². The van der Waals surface area contributed by atoms with E-state index in [0.717, 1.165) is 0 Å². The summed E-state index contributed by atoms with van der Waals surface area (Å²) in [6.45, 7) is 0. The van der Waals surface area contributed by atoms with Gasteiger partial charge in [-0.15, -0.1) is 0 Å². The van der Waals surface area contributed by atoms with E-state index in [2.05, 4.69) is 10.1 Å². The maximum absolute atomic E-state index is 12.5. The summed E-state index contributed by atoms with van der Waals surface area (Å²) in [5, 5.41) is 3.32. The second kappa shape index (κ2) is 6.78. The van der Waals surface area contributed by atoms with Gasteiger partial charge in [0.2, 0.25) is 0 Å². The van der Waals surface area contributed by atoms with Crippen molar-refractivity contribution in [1.82, 2.24) is 0 Å². The predicted molar refractivity (Wildman–Crippen MR) is 93.2 cm³/mol. The molecule has 0 radical (unpaired) electrons. The van der Waals surface area contributed by atoms with E-state index in [9.17, 15) is 14.4 Å². The van der Waals surface area contributed by atoms with Crippen LogP contribution in [0.25, 0.3) is 11.0 Å². The smallest absolute Gasteiger partial charge is 0.349 e. The van der Waals surface area contributed by atoms with E-state index in [1.165, 1.54) is 25.3 Å². The Hall–Kier alpha value is -3.12. The predicted octanol–water partition coefficient (Wildman–Crippen LogP) is 3.49. The van der Waals surface area contributed by atoms with Crippen molar-refractivity contribution in [3.63, 3.8) is 0 Å². The highest BCUT2D eigenvalue weighted by Gasteiger charge is 2.18. The van der Waals surface area contributed by atoms with E-state index in [-0.39, 0.29) is 27.4 Å². The number of rotatable bonds is 3. The van der Waals surface area contributed by atoms with Gasteiger partial charge in [0.05, 0.1) is 23.4 Å². The molecule has 0 aliphatic carbocycles. The number of benzene rings is 2. The van der Waals surface area contributed by atoms with Crippen molar-refractivity contribution in [1.29, 1.82) is 0 Å². The number of halogens is 1. The number of anilines is 1. The minimum atomic E-state index is -0.825. The molecule has 6 nitrogen and oxygen atoms in total. The minimum absolute atomic E-state index is 0.173. The maximum atomic E-state index is 12.5. The molecule has 3 aromatic rings. The molecule has 0 bridgehead atoms. The molecule has 2 aromatic carbocycles. The number of amides is 1. The van der Waals surface area contributed by atoms with E-state index in [1.807, 2.05) is 0 Å². The zero-order valence-corrected chi connectivity index (χ0v) is 13.8. The number of para-hydroxylation sites is 2. The van der Waals surface area contributed by atoms with Gasteiger partial charge in [-0.05, 0) is 24.3 Å². The molecule has 0 aliphatic rings. The summed E-state index contributed by atoms with van der Waals surface area (Å²) in [6.07, 6.45) is 0. The van der Waals surface area contributed by atoms with Crippen LogP contribution in [0.15, 0.2) is 57.7 Å². The lowest BCUT2D eigenvalue weighted by molar-refractivity contribution is 0.0602. The quantitative estimate of drug-likeness (QED) is 0.573. The fraction of sp³-hybridized carbons (Fsp3) is 0.0556. The zero-order chi connectivity index (χ0) is 18.0. The Morgan fingerprint density at radius 2 is 1.84 bits per heavy atom. The van der Waals surface area contributed by atoms with E-state index >= 15 is 0 Å². The number of hydrogen-bond acceptors (Lipinski definition) is 5. The summed E-state index contributed by atoms with van der Waals surface area (Å²) in [5.41, 5.74) is -0.416. The van der Waals surface area contributed by atoms with Crippen LogP contribution >= 0.6 is 11.6 Å². The van der Waals surface area contributed by atoms with Crippen LogP contribution in [0.3, 0.4) is 0 Å². The van der Waals surface area contributed by atoms with Crippen molar-refractivity contribution >= 4 is 40.1 Å². The van der Waals surface area contributed by atoms with Crippen molar-refractivity contribution in [3.05, 3.63) is 75.1 Å². The summed E-state index contributed by atoms with van der Waals surface area (Å²) >= 11 is 5.98. The first kappa shape index (κ1) is 16.7. The lowest BCUT2D eigenvalue weighted by atomic mass is 10.1. The van der Waals surface area contributed by atoms with E-state index < -0.39 is 17.5 Å². The number of hydrogen-bond donors (Lipinski definition) is 1. The molecule has 0 aliphatic heterocycles. The fourth-order valence-electron chi connectivity index (χ4n) is 2.34. The van der Waals surface area contributed by atoms with Crippen LogP contribution < -0.4 is 10.9 Å². The molecule has 0 saturated heterocycles. The third-order valence-corrected chi connectivity index (χ3v) is 3.83. The normalized spacial score (nSPS) is 10.5. The highest BCUT2D eigenvalue weighted by Crippen LogP contribution is 2.23. The van der Waals surface area contributed by atoms with Crippen LogP contribution in [-0.4, -0.2) is 19.0 Å². The molecule has 3 rings (SSSR count). The Morgan fingerprint density at radius 1 is 1.08 bits per heavy atom. The average Bonchev–Trinajstić information content (AvgIpc) is 2.62. The van der Waals surface area contributed by atoms with Crippen molar-refractivity contribution in [2.75, 3.05) is 12.4 Å². The van der Waals surface area contributed by atoms with Crippen LogP contribution in [0.1, 0.15) is 20.7 Å². The second-order valence-electron chi connectivity index (χ2n) is 5.10. The van der Waals surface area contributed by atoms with Crippen LogP contribution in [-0.2, 0) is 4.74 Å². The fourth-order valence-corrected chi connectivity index (χ4v) is 2.56. The number of carbonyl (C=O) groups excluding carboxylic acids is 2. The van der Waals surface area contributed by atoms with Gasteiger partial charge in [-0.25, -0.2) is 9.59 Å². The Labute approximate surface area is 147 Å². The molecule has 1 heterocycles. The molecule has 0 unspecified atom stereocenters. The van der Waals surface area contributed by atoms with Crippen molar-refractivity contribution in [2.45, 2.75) is 0 Å². The first-order chi connectivity index (χ1) is 12.0. The number of carbonyl (C=O) groups is 2. The summed E-state index contributed by atoms with van der Waals surface area (Å²) < 4.78 is 9.81. The van der Waals surface area contributed by atoms with Gasteiger partial charge in [-0.2, -0.15) is 0 Å². The van der Waals surface area contributed by atoms with Crippen LogP contribution in [0.4, 0.5) is 5.69 Å². The largest absolute Gasteiger partial charge is 0.465 e. The van der Waals surface area contributed by atoms with Crippen LogP contribution in [0, 0.1) is 0 Å². The number of nitrogens with one attached hydrogen (secondary N) is 1. The SMILES string of the molecule is COC(=O)c1ccccc1NC(=O)c1cc2cccc(Cl)c2oc1=O. The Balaban J connectivity index is 2.00. The lowest BCUT2D eigenvalue weighted by Crippen LogP contribution is -2.22. The van der Waals surface area contributed by atoms with Gasteiger partial charge >= 0.3 is 11.6 Å². The highest BCUT2D eigenvalue weighted by atomic mass is 35.5. The van der Waals surface area contributed by atoms with Gasteiger partial charge in [0.15, 0.2) is 5.58 Å². The maximum Gasteiger partial charge on any atom is 0.349 e. The Bertz CT molecular complexity index is 1040. The van der Waals surface area contributed by atoms with Crippen LogP contribution in [0.2, 0.25) is 5.02 Å². The molecular formula is C18H12ClNO5. The zero-order valence-electron chi connectivity index (χ0n) is 13.0. The topological polar surface area (TPSA) is 85.6 Å². The summed E-state index contributed by atoms with van der Waals surface area (Å²) in [5.74, 6) is -1.31. The lowest BCUT2D eigenvalue weighted by Gasteiger charge is -2.09. The van der Waals surface area contributed by atoms with E-state index in [1.54, 1.807) is 30.3 Å². The molecule has 1 amide bonds. The Kier molecular flexibility index (Phi) is 4.54. The molecular weight excluding hydrogens is 346 g/mol. The molecule has 126 valence electrons. The molecule has 1 N–H and O–H groups in total. The summed E-state index contributed by atoms with van der Waals surface area (Å²) in [7, 11) is 1.24. The minimum Gasteiger partial charge on any atom is -0.465 e. The third-order valence-electron chi connectivity index (χ3n) is 3.54. The molecule has 0 spiro atoms. The average molecular weight is 358 g/mol. The van der Waals surface area contributed by atoms with Crippen molar-refractivity contribution in [2.24, 2.45) is 0 Å². The molecule has 1 aromatic heterocycles. The second-order valence-corrected chi connectivity index (χ2v) is 5.50.